The molecule has 6 heteroatoms. The normalized spacial score (nSPS) is 15.1. The van der Waals surface area contributed by atoms with Crippen LogP contribution >= 0.6 is 12.2 Å². The second-order valence-electron chi connectivity index (χ2n) is 3.49. The van der Waals surface area contributed by atoms with Gasteiger partial charge in [-0.2, -0.15) is 0 Å². The minimum absolute atomic E-state index is 0.126. The van der Waals surface area contributed by atoms with Crippen molar-refractivity contribution in [2.45, 2.75) is 6.54 Å². The smallest absolute Gasteiger partial charge is 0.407 e. The second-order valence-corrected chi connectivity index (χ2v) is 3.98. The van der Waals surface area contributed by atoms with Gasteiger partial charge in [-0.15, -0.1) is 0 Å². The van der Waals surface area contributed by atoms with Gasteiger partial charge in [-0.05, 0) is 23.8 Å². The van der Waals surface area contributed by atoms with E-state index in [-0.39, 0.29) is 13.1 Å². The molecule has 16 heavy (non-hydrogen) atoms. The minimum Gasteiger partial charge on any atom is -0.465 e. The lowest BCUT2D eigenvalue weighted by Crippen LogP contribution is -2.33. The topological polar surface area (TPSA) is 52.6 Å². The Kier molecular flexibility index (Phi) is 2.74. The minimum atomic E-state index is -1.07. The van der Waals surface area contributed by atoms with Crippen LogP contribution in [-0.4, -0.2) is 27.6 Å². The molecule has 4 nitrogen and oxygen atoms in total. The molecule has 1 amide bonds. The highest BCUT2D eigenvalue weighted by Crippen LogP contribution is 2.22. The largest absolute Gasteiger partial charge is 0.465 e. The van der Waals surface area contributed by atoms with E-state index < -0.39 is 11.9 Å². The van der Waals surface area contributed by atoms with Gasteiger partial charge in [0.15, 0.2) is 0 Å². The summed E-state index contributed by atoms with van der Waals surface area (Å²) in [4.78, 5) is 12.4. The van der Waals surface area contributed by atoms with Gasteiger partial charge >= 0.3 is 6.09 Å². The van der Waals surface area contributed by atoms with E-state index in [2.05, 4.69) is 5.32 Å². The van der Waals surface area contributed by atoms with Gasteiger partial charge in [0.25, 0.3) is 0 Å². The number of anilines is 1. The maximum atomic E-state index is 13.0. The van der Waals surface area contributed by atoms with Crippen molar-refractivity contribution in [3.63, 3.8) is 0 Å². The third-order valence-corrected chi connectivity index (χ3v) is 2.54. The van der Waals surface area contributed by atoms with E-state index in [1.54, 1.807) is 6.07 Å². The SMILES string of the molecule is O=C(O)N1CC(=S)Nc2ccc(F)cc2C1. The molecule has 0 spiro atoms. The summed E-state index contributed by atoms with van der Waals surface area (Å²) in [5.74, 6) is -0.390. The molecule has 1 aromatic carbocycles. The molecule has 0 aliphatic carbocycles. The summed E-state index contributed by atoms with van der Waals surface area (Å²) in [7, 11) is 0. The first-order valence-electron chi connectivity index (χ1n) is 4.62. The summed E-state index contributed by atoms with van der Waals surface area (Å²) in [5.41, 5.74) is 1.25. The number of nitrogens with one attached hydrogen (secondary N) is 1. The molecule has 1 aromatic rings. The lowest BCUT2D eigenvalue weighted by molar-refractivity contribution is 0.150. The Morgan fingerprint density at radius 2 is 2.25 bits per heavy atom. The van der Waals surface area contributed by atoms with Gasteiger partial charge in [0.05, 0.1) is 18.1 Å². The van der Waals surface area contributed by atoms with Crippen molar-refractivity contribution in [2.24, 2.45) is 0 Å². The molecule has 0 aromatic heterocycles. The molecule has 0 saturated carbocycles. The van der Waals surface area contributed by atoms with Crippen molar-refractivity contribution in [1.82, 2.24) is 4.90 Å². The number of fused-ring (bicyclic) bond motifs is 1. The van der Waals surface area contributed by atoms with Crippen molar-refractivity contribution in [3.05, 3.63) is 29.6 Å². The fourth-order valence-electron chi connectivity index (χ4n) is 1.57. The van der Waals surface area contributed by atoms with Crippen LogP contribution in [0.25, 0.3) is 0 Å². The first-order chi connectivity index (χ1) is 7.56. The number of halogens is 1. The molecule has 1 aliphatic rings. The summed E-state index contributed by atoms with van der Waals surface area (Å²) in [6, 6.07) is 4.18. The molecular weight excluding hydrogens is 231 g/mol. The summed E-state index contributed by atoms with van der Waals surface area (Å²) in [5, 5.41) is 11.8. The quantitative estimate of drug-likeness (QED) is 0.681. The van der Waals surface area contributed by atoms with Gasteiger partial charge in [0, 0.05) is 5.69 Å². The Hall–Kier alpha value is -1.69. The molecule has 84 valence electrons. The van der Waals surface area contributed by atoms with Crippen LogP contribution in [0, 0.1) is 5.82 Å². The number of carboxylic acid groups (broad SMARTS) is 1. The zero-order valence-corrected chi connectivity index (χ0v) is 9.05. The standard InChI is InChI=1S/C10H9FN2O2S/c11-7-1-2-8-6(3-7)4-13(10(14)15)5-9(16)12-8/h1-3H,4-5H2,(H,12,16)(H,14,15). The Morgan fingerprint density at radius 1 is 1.50 bits per heavy atom. The third-order valence-electron chi connectivity index (χ3n) is 2.31. The second kappa shape index (κ2) is 4.05. The first-order valence-corrected chi connectivity index (χ1v) is 5.03. The van der Waals surface area contributed by atoms with E-state index in [1.807, 2.05) is 0 Å². The highest BCUT2D eigenvalue weighted by Gasteiger charge is 2.20. The van der Waals surface area contributed by atoms with Crippen molar-refractivity contribution >= 4 is 29.0 Å². The molecular formula is C10H9FN2O2S. The zero-order valence-electron chi connectivity index (χ0n) is 8.24. The van der Waals surface area contributed by atoms with Crippen LogP contribution in [0.1, 0.15) is 5.56 Å². The van der Waals surface area contributed by atoms with Gasteiger partial charge in [-0.25, -0.2) is 9.18 Å². The van der Waals surface area contributed by atoms with Crippen molar-refractivity contribution in [1.29, 1.82) is 0 Å². The number of thiocarbonyl (C=S) groups is 1. The van der Waals surface area contributed by atoms with Gasteiger partial charge in [-0.1, -0.05) is 12.2 Å². The Bertz CT molecular complexity index is 464. The van der Waals surface area contributed by atoms with E-state index in [0.717, 1.165) is 4.90 Å². The van der Waals surface area contributed by atoms with Crippen LogP contribution in [-0.2, 0) is 6.54 Å². The van der Waals surface area contributed by atoms with E-state index in [4.69, 9.17) is 17.3 Å². The summed E-state index contributed by atoms with van der Waals surface area (Å²) in [6.45, 7) is 0.260. The number of benzene rings is 1. The fraction of sp³-hybridized carbons (Fsp3) is 0.200. The number of amides is 1. The van der Waals surface area contributed by atoms with Crippen LogP contribution in [0.3, 0.4) is 0 Å². The van der Waals surface area contributed by atoms with E-state index in [9.17, 15) is 9.18 Å². The molecule has 1 heterocycles. The summed E-state index contributed by atoms with van der Waals surface area (Å²) in [6.07, 6.45) is -1.07. The average molecular weight is 240 g/mol. The number of nitrogens with zero attached hydrogens (tertiary/aromatic N) is 1. The predicted molar refractivity (Wildman–Crippen MR) is 61.1 cm³/mol. The maximum Gasteiger partial charge on any atom is 0.407 e. The van der Waals surface area contributed by atoms with Crippen LogP contribution in [0.4, 0.5) is 14.9 Å². The molecule has 0 unspecified atom stereocenters. The van der Waals surface area contributed by atoms with E-state index >= 15 is 0 Å². The van der Waals surface area contributed by atoms with Crippen LogP contribution in [0.15, 0.2) is 18.2 Å². The molecule has 0 atom stereocenters. The molecule has 0 fully saturated rings. The van der Waals surface area contributed by atoms with Crippen molar-refractivity contribution in [2.75, 3.05) is 11.9 Å². The zero-order chi connectivity index (χ0) is 11.7. The van der Waals surface area contributed by atoms with Crippen LogP contribution in [0.5, 0.6) is 0 Å². The third kappa shape index (κ3) is 2.11. The molecule has 2 N–H and O–H groups in total. The lowest BCUT2D eigenvalue weighted by atomic mass is 10.1. The van der Waals surface area contributed by atoms with Gasteiger partial charge in [-0.3, -0.25) is 4.90 Å². The molecule has 1 aliphatic heterocycles. The monoisotopic (exact) mass is 240 g/mol. The van der Waals surface area contributed by atoms with E-state index in [1.165, 1.54) is 12.1 Å². The van der Waals surface area contributed by atoms with Crippen molar-refractivity contribution < 1.29 is 14.3 Å². The predicted octanol–water partition coefficient (Wildman–Crippen LogP) is 2.06. The van der Waals surface area contributed by atoms with E-state index in [0.29, 0.717) is 16.2 Å². The molecule has 0 radical (unpaired) electrons. The highest BCUT2D eigenvalue weighted by molar-refractivity contribution is 7.80. The average Bonchev–Trinajstić information content (AvgIpc) is 2.36. The van der Waals surface area contributed by atoms with Crippen LogP contribution in [0.2, 0.25) is 0 Å². The summed E-state index contributed by atoms with van der Waals surface area (Å²) < 4.78 is 13.0. The summed E-state index contributed by atoms with van der Waals surface area (Å²) >= 11 is 4.99. The van der Waals surface area contributed by atoms with Crippen LogP contribution < -0.4 is 5.32 Å². The van der Waals surface area contributed by atoms with Gasteiger partial charge < -0.3 is 10.4 Å². The van der Waals surface area contributed by atoms with Gasteiger partial charge in [0.1, 0.15) is 5.82 Å². The molecule has 0 saturated heterocycles. The molecule has 0 bridgehead atoms. The first kappa shape index (κ1) is 10.8. The lowest BCUT2D eigenvalue weighted by Gasteiger charge is -2.15. The highest BCUT2D eigenvalue weighted by atomic mass is 32.1. The number of hydrogen-bond donors (Lipinski definition) is 2. The Balaban J connectivity index is 2.39. The van der Waals surface area contributed by atoms with Crippen molar-refractivity contribution in [3.8, 4) is 0 Å². The molecule has 2 rings (SSSR count). The fourth-order valence-corrected chi connectivity index (χ4v) is 1.84. The van der Waals surface area contributed by atoms with Gasteiger partial charge in [0.2, 0.25) is 0 Å². The number of hydrogen-bond acceptors (Lipinski definition) is 2. The number of carbonyl (C=O) groups is 1. The maximum absolute atomic E-state index is 13.0. The Morgan fingerprint density at radius 3 is 2.94 bits per heavy atom. The number of rotatable bonds is 0. The Labute approximate surface area is 96.7 Å².